The van der Waals surface area contributed by atoms with Gasteiger partial charge in [-0.05, 0) is 58.4 Å². The van der Waals surface area contributed by atoms with Gasteiger partial charge in [-0.3, -0.25) is 9.89 Å². The summed E-state index contributed by atoms with van der Waals surface area (Å²) in [5.41, 5.74) is 1.64. The van der Waals surface area contributed by atoms with Crippen LogP contribution in [0.3, 0.4) is 0 Å². The van der Waals surface area contributed by atoms with Crippen LogP contribution in [0.4, 0.5) is 0 Å². The Kier molecular flexibility index (Phi) is 3.59. The standard InChI is InChI=1S/C17H27N3O2/c1-10-6-11-9-18-20-14(11)12(7-10)15(21)19-13-8-16(2,3)22-17(13,4)5/h9-10,12-13H,6-8H2,1-5H3,(H,18,20)(H,19,21)/t10-,12+,13+/m1/s1. The van der Waals surface area contributed by atoms with E-state index in [4.69, 9.17) is 4.74 Å². The molecule has 0 bridgehead atoms. The van der Waals surface area contributed by atoms with E-state index in [0.717, 1.165) is 25.0 Å². The number of H-pyrrole nitrogens is 1. The summed E-state index contributed by atoms with van der Waals surface area (Å²) < 4.78 is 6.08. The number of rotatable bonds is 2. The highest BCUT2D eigenvalue weighted by Crippen LogP contribution is 2.38. The van der Waals surface area contributed by atoms with Gasteiger partial charge in [-0.15, -0.1) is 0 Å². The number of carbonyl (C=O) groups excluding carboxylic acids is 1. The predicted octanol–water partition coefficient (Wildman–Crippen LogP) is 2.54. The maximum atomic E-state index is 12.8. The Hall–Kier alpha value is -1.36. The van der Waals surface area contributed by atoms with Crippen LogP contribution in [-0.4, -0.2) is 33.3 Å². The monoisotopic (exact) mass is 305 g/mol. The number of nitrogens with one attached hydrogen (secondary N) is 2. The lowest BCUT2D eigenvalue weighted by Crippen LogP contribution is -2.48. The zero-order chi connectivity index (χ0) is 16.1. The fourth-order valence-corrected chi connectivity index (χ4v) is 4.06. The molecule has 1 aliphatic heterocycles. The van der Waals surface area contributed by atoms with Crippen molar-refractivity contribution in [2.24, 2.45) is 5.92 Å². The number of fused-ring (bicyclic) bond motifs is 1. The molecule has 1 amide bonds. The molecule has 5 heteroatoms. The topological polar surface area (TPSA) is 67.0 Å². The van der Waals surface area contributed by atoms with Gasteiger partial charge >= 0.3 is 0 Å². The predicted molar refractivity (Wildman–Crippen MR) is 84.6 cm³/mol. The van der Waals surface area contributed by atoms with Crippen molar-refractivity contribution in [3.05, 3.63) is 17.5 Å². The van der Waals surface area contributed by atoms with Gasteiger partial charge in [-0.2, -0.15) is 5.10 Å². The molecule has 22 heavy (non-hydrogen) atoms. The van der Waals surface area contributed by atoms with Crippen LogP contribution in [0.25, 0.3) is 0 Å². The van der Waals surface area contributed by atoms with Crippen molar-refractivity contribution in [3.8, 4) is 0 Å². The normalized spacial score (nSPS) is 32.5. The fourth-order valence-electron chi connectivity index (χ4n) is 4.06. The second-order valence-corrected chi connectivity index (χ2v) is 8.14. The van der Waals surface area contributed by atoms with Gasteiger partial charge in [0.2, 0.25) is 5.91 Å². The highest BCUT2D eigenvalue weighted by atomic mass is 16.5. The number of ether oxygens (including phenoxy) is 1. The lowest BCUT2D eigenvalue weighted by Gasteiger charge is -2.31. The number of aromatic amines is 1. The second-order valence-electron chi connectivity index (χ2n) is 8.14. The third kappa shape index (κ3) is 2.78. The van der Waals surface area contributed by atoms with Gasteiger partial charge in [0.25, 0.3) is 0 Å². The van der Waals surface area contributed by atoms with Crippen molar-refractivity contribution in [2.75, 3.05) is 0 Å². The van der Waals surface area contributed by atoms with Crippen LogP contribution in [0.2, 0.25) is 0 Å². The number of aromatic nitrogens is 2. The largest absolute Gasteiger partial charge is 0.367 e. The van der Waals surface area contributed by atoms with Gasteiger partial charge in [0.1, 0.15) is 0 Å². The fraction of sp³-hybridized carbons (Fsp3) is 0.765. The van der Waals surface area contributed by atoms with Gasteiger partial charge in [-0.1, -0.05) is 6.92 Å². The lowest BCUT2D eigenvalue weighted by atomic mass is 9.80. The lowest BCUT2D eigenvalue weighted by molar-refractivity contribution is -0.125. The third-order valence-electron chi connectivity index (χ3n) is 5.01. The molecule has 2 heterocycles. The molecule has 1 aromatic heterocycles. The quantitative estimate of drug-likeness (QED) is 0.882. The van der Waals surface area contributed by atoms with Crippen LogP contribution in [0.1, 0.15) is 64.6 Å². The second kappa shape index (κ2) is 5.08. The van der Waals surface area contributed by atoms with Crippen molar-refractivity contribution < 1.29 is 9.53 Å². The molecule has 2 aliphatic rings. The van der Waals surface area contributed by atoms with Crippen LogP contribution in [0.15, 0.2) is 6.20 Å². The molecule has 0 spiro atoms. The maximum absolute atomic E-state index is 12.8. The first-order valence-corrected chi connectivity index (χ1v) is 8.21. The zero-order valence-corrected chi connectivity index (χ0v) is 14.2. The molecule has 5 nitrogen and oxygen atoms in total. The Balaban J connectivity index is 1.76. The van der Waals surface area contributed by atoms with Crippen molar-refractivity contribution in [2.45, 2.75) is 77.0 Å². The first-order chi connectivity index (χ1) is 10.2. The van der Waals surface area contributed by atoms with E-state index in [2.05, 4.69) is 50.1 Å². The first-order valence-electron chi connectivity index (χ1n) is 8.21. The molecule has 3 atom stereocenters. The van der Waals surface area contributed by atoms with E-state index in [1.807, 2.05) is 6.20 Å². The third-order valence-corrected chi connectivity index (χ3v) is 5.01. The Morgan fingerprint density at radius 1 is 1.41 bits per heavy atom. The molecule has 1 aliphatic carbocycles. The zero-order valence-electron chi connectivity index (χ0n) is 14.2. The van der Waals surface area contributed by atoms with Crippen molar-refractivity contribution in [1.29, 1.82) is 0 Å². The van der Waals surface area contributed by atoms with E-state index >= 15 is 0 Å². The van der Waals surface area contributed by atoms with E-state index < -0.39 is 0 Å². The number of hydrogen-bond acceptors (Lipinski definition) is 3. The van der Waals surface area contributed by atoms with Crippen LogP contribution >= 0.6 is 0 Å². The SMILES string of the molecule is C[C@@H]1Cc2cn[nH]c2[C@@H](C(=O)N[C@H]2CC(C)(C)OC2(C)C)C1. The minimum Gasteiger partial charge on any atom is -0.367 e. The Bertz CT molecular complexity index is 576. The highest BCUT2D eigenvalue weighted by Gasteiger charge is 2.47. The average Bonchev–Trinajstić information content (AvgIpc) is 2.89. The summed E-state index contributed by atoms with van der Waals surface area (Å²) in [6, 6.07) is 0.0404. The summed E-state index contributed by atoms with van der Waals surface area (Å²) in [5.74, 6) is 0.474. The Morgan fingerprint density at radius 3 is 2.77 bits per heavy atom. The molecular formula is C17H27N3O2. The highest BCUT2D eigenvalue weighted by molar-refractivity contribution is 5.84. The minimum absolute atomic E-state index is 0.0404. The molecule has 0 aromatic carbocycles. The van der Waals surface area contributed by atoms with Crippen molar-refractivity contribution in [1.82, 2.24) is 15.5 Å². The molecule has 122 valence electrons. The number of nitrogens with zero attached hydrogens (tertiary/aromatic N) is 1. The summed E-state index contributed by atoms with van der Waals surface area (Å²) in [5, 5.41) is 10.4. The minimum atomic E-state index is -0.337. The van der Waals surface area contributed by atoms with E-state index in [0.29, 0.717) is 5.92 Å². The van der Waals surface area contributed by atoms with Gasteiger partial charge in [0.05, 0.1) is 35.1 Å². The maximum Gasteiger partial charge on any atom is 0.229 e. The molecule has 1 aromatic rings. The van der Waals surface area contributed by atoms with E-state index in [1.165, 1.54) is 5.56 Å². The number of hydrogen-bond donors (Lipinski definition) is 2. The summed E-state index contributed by atoms with van der Waals surface area (Å²) in [7, 11) is 0. The summed E-state index contributed by atoms with van der Waals surface area (Å²) in [6.07, 6.45) is 4.57. The van der Waals surface area contributed by atoms with Crippen LogP contribution < -0.4 is 5.32 Å². The van der Waals surface area contributed by atoms with Crippen molar-refractivity contribution in [3.63, 3.8) is 0 Å². The summed E-state index contributed by atoms with van der Waals surface area (Å²) in [4.78, 5) is 12.8. The summed E-state index contributed by atoms with van der Waals surface area (Å²) in [6.45, 7) is 10.5. The molecule has 1 fully saturated rings. The van der Waals surface area contributed by atoms with Crippen LogP contribution in [0.5, 0.6) is 0 Å². The molecule has 0 saturated carbocycles. The molecule has 3 rings (SSSR count). The summed E-state index contributed by atoms with van der Waals surface area (Å²) >= 11 is 0. The van der Waals surface area contributed by atoms with Gasteiger partial charge in [0.15, 0.2) is 0 Å². The Morgan fingerprint density at radius 2 is 2.14 bits per heavy atom. The van der Waals surface area contributed by atoms with E-state index in [1.54, 1.807) is 0 Å². The van der Waals surface area contributed by atoms with Gasteiger partial charge in [0, 0.05) is 0 Å². The Labute approximate surface area is 132 Å². The molecule has 2 N–H and O–H groups in total. The van der Waals surface area contributed by atoms with Crippen LogP contribution in [0, 0.1) is 5.92 Å². The molecule has 0 unspecified atom stereocenters. The van der Waals surface area contributed by atoms with E-state index in [9.17, 15) is 4.79 Å². The number of amides is 1. The molecule has 1 saturated heterocycles. The smallest absolute Gasteiger partial charge is 0.229 e. The van der Waals surface area contributed by atoms with Crippen LogP contribution in [-0.2, 0) is 16.0 Å². The van der Waals surface area contributed by atoms with Gasteiger partial charge < -0.3 is 10.1 Å². The first kappa shape index (κ1) is 15.5. The number of carbonyl (C=O) groups is 1. The van der Waals surface area contributed by atoms with E-state index in [-0.39, 0.29) is 29.1 Å². The van der Waals surface area contributed by atoms with Gasteiger partial charge in [-0.25, -0.2) is 0 Å². The molecule has 0 radical (unpaired) electrons. The van der Waals surface area contributed by atoms with Crippen molar-refractivity contribution >= 4 is 5.91 Å². The average molecular weight is 305 g/mol. The molecular weight excluding hydrogens is 278 g/mol.